The Labute approximate surface area is 165 Å². The molecule has 2 aromatic rings. The summed E-state index contributed by atoms with van der Waals surface area (Å²) in [6.45, 7) is 4.18. The minimum absolute atomic E-state index is 0.0427. The molecule has 1 aromatic carbocycles. The van der Waals surface area contributed by atoms with E-state index in [1.165, 1.54) is 24.5 Å². The van der Waals surface area contributed by atoms with Gasteiger partial charge in [-0.15, -0.1) is 11.3 Å². The first kappa shape index (κ1) is 22.2. The molecule has 0 bridgehead atoms. The van der Waals surface area contributed by atoms with Crippen molar-refractivity contribution in [3.8, 4) is 5.75 Å². The van der Waals surface area contributed by atoms with Gasteiger partial charge in [0.2, 0.25) is 0 Å². The first-order valence-corrected chi connectivity index (χ1v) is 9.68. The predicted octanol–water partition coefficient (Wildman–Crippen LogP) is 5.09. The van der Waals surface area contributed by atoms with E-state index < -0.39 is 17.6 Å². The van der Waals surface area contributed by atoms with Gasteiger partial charge in [0.05, 0.1) is 28.6 Å². The summed E-state index contributed by atoms with van der Waals surface area (Å²) in [5.74, 6) is -0.361. The first-order chi connectivity index (χ1) is 13.3. The molecule has 28 heavy (non-hydrogen) atoms. The largest absolute Gasteiger partial charge is 0.489 e. The standard InChI is InChI=1S/C19H23F3N2O3S/c1-4-5-6-16-23-12(2)17(28-16)18(25)24-14-11-13(19(20,21)22)7-8-15(14)27-10-9-26-3/h7-8,11H,4-6,9-10H2,1-3H3,(H,24,25). The summed E-state index contributed by atoms with van der Waals surface area (Å²) in [4.78, 5) is 17.4. The Morgan fingerprint density at radius 1 is 1.29 bits per heavy atom. The second-order valence-electron chi connectivity index (χ2n) is 6.13. The fraction of sp³-hybridized carbons (Fsp3) is 0.474. The van der Waals surface area contributed by atoms with Crippen molar-refractivity contribution in [1.82, 2.24) is 4.98 Å². The van der Waals surface area contributed by atoms with E-state index in [9.17, 15) is 18.0 Å². The Kier molecular flexibility index (Phi) is 7.82. The lowest BCUT2D eigenvalue weighted by molar-refractivity contribution is -0.137. The van der Waals surface area contributed by atoms with Crippen molar-refractivity contribution in [3.63, 3.8) is 0 Å². The molecule has 0 aliphatic carbocycles. The van der Waals surface area contributed by atoms with E-state index in [0.717, 1.165) is 36.4 Å². The zero-order chi connectivity index (χ0) is 20.7. The number of unbranched alkanes of at least 4 members (excludes halogenated alkanes) is 1. The zero-order valence-corrected chi connectivity index (χ0v) is 16.8. The molecule has 5 nitrogen and oxygen atoms in total. The van der Waals surface area contributed by atoms with Crippen molar-refractivity contribution in [2.75, 3.05) is 25.6 Å². The van der Waals surface area contributed by atoms with E-state index in [2.05, 4.69) is 17.2 Å². The number of methoxy groups -OCH3 is 1. The highest BCUT2D eigenvalue weighted by Gasteiger charge is 2.31. The van der Waals surface area contributed by atoms with Gasteiger partial charge in [0.1, 0.15) is 17.2 Å². The van der Waals surface area contributed by atoms with Crippen molar-refractivity contribution in [2.45, 2.75) is 39.3 Å². The Balaban J connectivity index is 2.26. The third-order valence-corrected chi connectivity index (χ3v) is 5.11. The van der Waals surface area contributed by atoms with E-state index in [0.29, 0.717) is 10.6 Å². The molecule has 1 heterocycles. The summed E-state index contributed by atoms with van der Waals surface area (Å²) in [6.07, 6.45) is -1.80. The summed E-state index contributed by atoms with van der Waals surface area (Å²) in [5.41, 5.74) is -0.354. The van der Waals surface area contributed by atoms with Gasteiger partial charge in [0.25, 0.3) is 5.91 Å². The van der Waals surface area contributed by atoms with E-state index >= 15 is 0 Å². The number of hydrogen-bond acceptors (Lipinski definition) is 5. The van der Waals surface area contributed by atoms with Crippen molar-refractivity contribution < 1.29 is 27.4 Å². The van der Waals surface area contributed by atoms with Crippen LogP contribution < -0.4 is 10.1 Å². The van der Waals surface area contributed by atoms with Gasteiger partial charge < -0.3 is 14.8 Å². The number of rotatable bonds is 9. The predicted molar refractivity (Wildman–Crippen MR) is 102 cm³/mol. The molecule has 0 radical (unpaired) electrons. The van der Waals surface area contributed by atoms with Gasteiger partial charge >= 0.3 is 6.18 Å². The molecular weight excluding hydrogens is 393 g/mol. The average molecular weight is 416 g/mol. The Hall–Kier alpha value is -2.13. The third kappa shape index (κ3) is 5.93. The molecule has 0 aliphatic heterocycles. The van der Waals surface area contributed by atoms with Gasteiger partial charge in [-0.05, 0) is 38.0 Å². The Morgan fingerprint density at radius 3 is 2.68 bits per heavy atom. The van der Waals surface area contributed by atoms with Crippen LogP contribution >= 0.6 is 11.3 Å². The van der Waals surface area contributed by atoms with Crippen molar-refractivity contribution in [2.24, 2.45) is 0 Å². The normalized spacial score (nSPS) is 11.5. The SMILES string of the molecule is CCCCc1nc(C)c(C(=O)Nc2cc(C(F)(F)F)ccc2OCCOC)s1. The van der Waals surface area contributed by atoms with Crippen molar-refractivity contribution in [1.29, 1.82) is 0 Å². The van der Waals surface area contributed by atoms with Crippen LogP contribution in [0.15, 0.2) is 18.2 Å². The summed E-state index contributed by atoms with van der Waals surface area (Å²) in [7, 11) is 1.49. The molecule has 0 saturated heterocycles. The summed E-state index contributed by atoms with van der Waals surface area (Å²) < 4.78 is 49.5. The number of halogens is 3. The second kappa shape index (κ2) is 9.88. The van der Waals surface area contributed by atoms with Crippen LogP contribution in [-0.4, -0.2) is 31.2 Å². The van der Waals surface area contributed by atoms with Gasteiger partial charge in [0, 0.05) is 7.11 Å². The second-order valence-corrected chi connectivity index (χ2v) is 7.21. The number of amides is 1. The fourth-order valence-electron chi connectivity index (χ4n) is 2.44. The summed E-state index contributed by atoms with van der Waals surface area (Å²) in [6, 6.07) is 2.98. The van der Waals surface area contributed by atoms with Crippen LogP contribution in [0.4, 0.5) is 18.9 Å². The van der Waals surface area contributed by atoms with E-state index in [4.69, 9.17) is 9.47 Å². The highest BCUT2D eigenvalue weighted by molar-refractivity contribution is 7.13. The molecule has 0 spiro atoms. The van der Waals surface area contributed by atoms with Crippen molar-refractivity contribution >= 4 is 22.9 Å². The molecule has 1 amide bonds. The topological polar surface area (TPSA) is 60.5 Å². The maximum atomic E-state index is 13.1. The maximum Gasteiger partial charge on any atom is 0.416 e. The van der Waals surface area contributed by atoms with Crippen LogP contribution in [0.25, 0.3) is 0 Å². The molecule has 1 aromatic heterocycles. The first-order valence-electron chi connectivity index (χ1n) is 8.86. The van der Waals surface area contributed by atoms with Crippen LogP contribution in [0, 0.1) is 6.92 Å². The van der Waals surface area contributed by atoms with Crippen LogP contribution in [0.2, 0.25) is 0 Å². The molecule has 0 fully saturated rings. The lowest BCUT2D eigenvalue weighted by Crippen LogP contribution is -2.15. The third-order valence-electron chi connectivity index (χ3n) is 3.89. The molecule has 0 saturated carbocycles. The molecule has 154 valence electrons. The number of alkyl halides is 3. The van der Waals surface area contributed by atoms with E-state index in [1.807, 2.05) is 0 Å². The number of nitrogens with one attached hydrogen (secondary N) is 1. The highest BCUT2D eigenvalue weighted by Crippen LogP contribution is 2.35. The van der Waals surface area contributed by atoms with E-state index in [-0.39, 0.29) is 24.7 Å². The lowest BCUT2D eigenvalue weighted by Gasteiger charge is -2.15. The monoisotopic (exact) mass is 416 g/mol. The molecule has 9 heteroatoms. The smallest absolute Gasteiger partial charge is 0.416 e. The maximum absolute atomic E-state index is 13.1. The number of carbonyl (C=O) groups is 1. The van der Waals surface area contributed by atoms with Crippen LogP contribution in [0.5, 0.6) is 5.75 Å². The highest BCUT2D eigenvalue weighted by atomic mass is 32.1. The fourth-order valence-corrected chi connectivity index (χ4v) is 3.44. The number of anilines is 1. The van der Waals surface area contributed by atoms with Gasteiger partial charge in [-0.3, -0.25) is 4.79 Å². The van der Waals surface area contributed by atoms with Crippen LogP contribution in [-0.2, 0) is 17.3 Å². The van der Waals surface area contributed by atoms with Gasteiger partial charge in [-0.25, -0.2) is 4.98 Å². The molecule has 0 aliphatic rings. The van der Waals surface area contributed by atoms with Gasteiger partial charge in [-0.2, -0.15) is 13.2 Å². The number of benzene rings is 1. The number of aryl methyl sites for hydroxylation is 2. The zero-order valence-electron chi connectivity index (χ0n) is 16.0. The number of hydrogen-bond donors (Lipinski definition) is 1. The average Bonchev–Trinajstić information content (AvgIpc) is 3.01. The van der Waals surface area contributed by atoms with Gasteiger partial charge in [-0.1, -0.05) is 13.3 Å². The molecule has 2 rings (SSSR count). The van der Waals surface area contributed by atoms with Crippen LogP contribution in [0.3, 0.4) is 0 Å². The molecule has 1 N–H and O–H groups in total. The summed E-state index contributed by atoms with van der Waals surface area (Å²) >= 11 is 1.26. The molecular formula is C19H23F3N2O3S. The van der Waals surface area contributed by atoms with Crippen molar-refractivity contribution in [3.05, 3.63) is 39.3 Å². The Morgan fingerprint density at radius 2 is 2.04 bits per heavy atom. The number of carbonyl (C=O) groups excluding carboxylic acids is 1. The van der Waals surface area contributed by atoms with E-state index in [1.54, 1.807) is 6.92 Å². The number of thiazole rings is 1. The minimum atomic E-state index is -4.53. The molecule has 0 unspecified atom stereocenters. The molecule has 0 atom stereocenters. The summed E-state index contributed by atoms with van der Waals surface area (Å²) in [5, 5.41) is 3.38. The minimum Gasteiger partial charge on any atom is -0.489 e. The lowest BCUT2D eigenvalue weighted by atomic mass is 10.1. The number of ether oxygens (including phenoxy) is 2. The van der Waals surface area contributed by atoms with Gasteiger partial charge in [0.15, 0.2) is 0 Å². The van der Waals surface area contributed by atoms with Crippen LogP contribution in [0.1, 0.15) is 45.7 Å². The quantitative estimate of drug-likeness (QED) is 0.579. The Bertz CT molecular complexity index is 806. The number of nitrogens with zero attached hydrogens (tertiary/aromatic N) is 1. The number of aromatic nitrogens is 1.